The van der Waals surface area contributed by atoms with Gasteiger partial charge in [0.1, 0.15) is 6.33 Å². The van der Waals surface area contributed by atoms with E-state index in [9.17, 15) is 9.59 Å². The minimum Gasteiger partial charge on any atom is -0.449 e. The van der Waals surface area contributed by atoms with Crippen molar-refractivity contribution in [2.75, 3.05) is 5.32 Å². The fraction of sp³-hybridized carbons (Fsp3) is 0.167. The highest BCUT2D eigenvalue weighted by Crippen LogP contribution is 2.12. The Labute approximate surface area is 149 Å². The highest BCUT2D eigenvalue weighted by Gasteiger charge is 2.19. The molecule has 0 spiro atoms. The Morgan fingerprint density at radius 2 is 1.92 bits per heavy atom. The third-order valence-corrected chi connectivity index (χ3v) is 3.66. The second-order valence-electron chi connectivity index (χ2n) is 5.71. The highest BCUT2D eigenvalue weighted by molar-refractivity contribution is 5.97. The third kappa shape index (κ3) is 4.10. The maximum Gasteiger partial charge on any atom is 0.338 e. The molecule has 0 aliphatic heterocycles. The number of esters is 1. The van der Waals surface area contributed by atoms with Crippen LogP contribution in [0.3, 0.4) is 0 Å². The molecule has 132 valence electrons. The quantitative estimate of drug-likeness (QED) is 0.707. The van der Waals surface area contributed by atoms with Crippen LogP contribution in [0.25, 0.3) is 5.69 Å². The first-order chi connectivity index (χ1) is 12.5. The zero-order chi connectivity index (χ0) is 18.5. The summed E-state index contributed by atoms with van der Waals surface area (Å²) in [6, 6.07) is 13.9. The lowest BCUT2D eigenvalue weighted by atomic mass is 10.2. The second kappa shape index (κ2) is 7.56. The molecule has 1 N–H and O–H groups in total. The molecule has 0 aliphatic rings. The van der Waals surface area contributed by atoms with E-state index in [4.69, 9.17) is 4.74 Å². The Hall–Kier alpha value is -3.55. The predicted molar refractivity (Wildman–Crippen MR) is 93.8 cm³/mol. The minimum absolute atomic E-state index is 0.331. The molecule has 8 nitrogen and oxygen atoms in total. The number of nitrogens with one attached hydrogen (secondary N) is 1. The fourth-order valence-electron chi connectivity index (χ4n) is 2.28. The van der Waals surface area contributed by atoms with E-state index in [1.807, 2.05) is 25.1 Å². The maximum absolute atomic E-state index is 12.2. The number of carbonyl (C=O) groups excluding carboxylic acids is 2. The molecule has 0 radical (unpaired) electrons. The van der Waals surface area contributed by atoms with E-state index >= 15 is 0 Å². The lowest BCUT2D eigenvalue weighted by Gasteiger charge is -2.14. The average molecular weight is 351 g/mol. The summed E-state index contributed by atoms with van der Waals surface area (Å²) < 4.78 is 6.70. The minimum atomic E-state index is -0.929. The number of hydrogen-bond donors (Lipinski definition) is 1. The lowest BCUT2D eigenvalue weighted by molar-refractivity contribution is -0.123. The molecule has 0 saturated carbocycles. The number of hydrogen-bond acceptors (Lipinski definition) is 6. The van der Waals surface area contributed by atoms with Gasteiger partial charge in [-0.15, -0.1) is 5.10 Å². The average Bonchev–Trinajstić information content (AvgIpc) is 3.16. The van der Waals surface area contributed by atoms with Gasteiger partial charge in [-0.05, 0) is 66.2 Å². The van der Waals surface area contributed by atoms with Gasteiger partial charge in [0.05, 0.1) is 11.3 Å². The normalized spacial score (nSPS) is 11.6. The van der Waals surface area contributed by atoms with Crippen LogP contribution in [-0.2, 0) is 9.53 Å². The van der Waals surface area contributed by atoms with Crippen molar-refractivity contribution in [2.45, 2.75) is 20.0 Å². The van der Waals surface area contributed by atoms with Crippen LogP contribution in [0.15, 0.2) is 54.9 Å². The molecule has 1 amide bonds. The SMILES string of the molecule is Cc1cccc(NC(=O)[C@H](C)OC(=O)c2ccc(-n3cnnn3)cc2)c1. The van der Waals surface area contributed by atoms with E-state index < -0.39 is 18.0 Å². The van der Waals surface area contributed by atoms with Gasteiger partial charge in [0.25, 0.3) is 5.91 Å². The van der Waals surface area contributed by atoms with Crippen molar-refractivity contribution < 1.29 is 14.3 Å². The van der Waals surface area contributed by atoms with E-state index in [0.29, 0.717) is 16.9 Å². The molecule has 1 aromatic heterocycles. The molecule has 1 heterocycles. The zero-order valence-corrected chi connectivity index (χ0v) is 14.3. The van der Waals surface area contributed by atoms with Crippen molar-refractivity contribution in [1.82, 2.24) is 20.2 Å². The molecule has 0 saturated heterocycles. The summed E-state index contributed by atoms with van der Waals surface area (Å²) in [6.45, 7) is 3.45. The van der Waals surface area contributed by atoms with Crippen LogP contribution in [-0.4, -0.2) is 38.2 Å². The first-order valence-electron chi connectivity index (χ1n) is 7.95. The standard InChI is InChI=1S/C18H17N5O3/c1-12-4-3-5-15(10-12)20-17(24)13(2)26-18(25)14-6-8-16(9-7-14)23-11-19-21-22-23/h3-11,13H,1-2H3,(H,20,24)/t13-/m0/s1. The molecule has 0 fully saturated rings. The molecule has 3 aromatic rings. The number of amides is 1. The summed E-state index contributed by atoms with van der Waals surface area (Å²) in [5.41, 5.74) is 2.72. The number of aromatic nitrogens is 4. The molecule has 0 aliphatic carbocycles. The maximum atomic E-state index is 12.2. The van der Waals surface area contributed by atoms with Crippen molar-refractivity contribution in [3.8, 4) is 5.69 Å². The summed E-state index contributed by atoms with van der Waals surface area (Å²) in [5.74, 6) is -0.977. The Balaban J connectivity index is 1.60. The van der Waals surface area contributed by atoms with E-state index in [1.54, 1.807) is 30.3 Å². The molecule has 0 bridgehead atoms. The van der Waals surface area contributed by atoms with E-state index in [-0.39, 0.29) is 0 Å². The van der Waals surface area contributed by atoms with Crippen molar-refractivity contribution in [3.63, 3.8) is 0 Å². The molecule has 26 heavy (non-hydrogen) atoms. The summed E-state index contributed by atoms with van der Waals surface area (Å²) in [4.78, 5) is 24.4. The van der Waals surface area contributed by atoms with E-state index in [2.05, 4.69) is 20.8 Å². The fourth-order valence-corrected chi connectivity index (χ4v) is 2.28. The van der Waals surface area contributed by atoms with Gasteiger partial charge >= 0.3 is 5.97 Å². The van der Waals surface area contributed by atoms with Gasteiger partial charge in [0.15, 0.2) is 6.10 Å². The van der Waals surface area contributed by atoms with Crippen molar-refractivity contribution in [2.24, 2.45) is 0 Å². The summed E-state index contributed by atoms with van der Waals surface area (Å²) in [6.07, 6.45) is 0.521. The number of rotatable bonds is 5. The second-order valence-corrected chi connectivity index (χ2v) is 5.71. The van der Waals surface area contributed by atoms with Crippen LogP contribution in [0.2, 0.25) is 0 Å². The Morgan fingerprint density at radius 3 is 2.58 bits per heavy atom. The molecule has 2 aromatic carbocycles. The summed E-state index contributed by atoms with van der Waals surface area (Å²) >= 11 is 0. The van der Waals surface area contributed by atoms with Gasteiger partial charge in [-0.2, -0.15) is 0 Å². The largest absolute Gasteiger partial charge is 0.449 e. The predicted octanol–water partition coefficient (Wildman–Crippen LogP) is 2.15. The summed E-state index contributed by atoms with van der Waals surface area (Å²) in [5, 5.41) is 13.6. The number of nitrogens with zero attached hydrogens (tertiary/aromatic N) is 4. The molecule has 1 atom stereocenters. The molecular weight excluding hydrogens is 334 g/mol. The number of ether oxygens (including phenoxy) is 1. The molecule has 3 rings (SSSR count). The van der Waals surface area contributed by atoms with Gasteiger partial charge in [0.2, 0.25) is 0 Å². The van der Waals surface area contributed by atoms with Crippen LogP contribution in [0.1, 0.15) is 22.8 Å². The van der Waals surface area contributed by atoms with Gasteiger partial charge in [-0.3, -0.25) is 4.79 Å². The number of benzene rings is 2. The topological polar surface area (TPSA) is 99.0 Å². The molecule has 8 heteroatoms. The number of aryl methyl sites for hydroxylation is 1. The van der Waals surface area contributed by atoms with Gasteiger partial charge in [0, 0.05) is 5.69 Å². The third-order valence-electron chi connectivity index (χ3n) is 3.66. The Bertz CT molecular complexity index is 907. The monoisotopic (exact) mass is 351 g/mol. The smallest absolute Gasteiger partial charge is 0.338 e. The van der Waals surface area contributed by atoms with Crippen molar-refractivity contribution in [1.29, 1.82) is 0 Å². The lowest BCUT2D eigenvalue weighted by Crippen LogP contribution is -2.30. The van der Waals surface area contributed by atoms with E-state index in [1.165, 1.54) is 17.9 Å². The number of anilines is 1. The van der Waals surface area contributed by atoms with Crippen LogP contribution < -0.4 is 5.32 Å². The van der Waals surface area contributed by atoms with Gasteiger partial charge < -0.3 is 10.1 Å². The van der Waals surface area contributed by atoms with Crippen LogP contribution >= 0.6 is 0 Å². The molecular formula is C18H17N5O3. The first-order valence-corrected chi connectivity index (χ1v) is 7.95. The van der Waals surface area contributed by atoms with Gasteiger partial charge in [-0.1, -0.05) is 12.1 Å². The van der Waals surface area contributed by atoms with Crippen molar-refractivity contribution in [3.05, 3.63) is 66.0 Å². The van der Waals surface area contributed by atoms with Crippen LogP contribution in [0.5, 0.6) is 0 Å². The summed E-state index contributed by atoms with van der Waals surface area (Å²) in [7, 11) is 0. The Kier molecular flexibility index (Phi) is 5.02. The van der Waals surface area contributed by atoms with E-state index in [0.717, 1.165) is 5.56 Å². The molecule has 0 unspecified atom stereocenters. The van der Waals surface area contributed by atoms with Crippen molar-refractivity contribution >= 4 is 17.6 Å². The number of tetrazole rings is 1. The van der Waals surface area contributed by atoms with Crippen LogP contribution in [0.4, 0.5) is 5.69 Å². The highest BCUT2D eigenvalue weighted by atomic mass is 16.5. The first kappa shape index (κ1) is 17.3. The van der Waals surface area contributed by atoms with Crippen LogP contribution in [0, 0.1) is 6.92 Å². The Morgan fingerprint density at radius 1 is 1.15 bits per heavy atom. The van der Waals surface area contributed by atoms with Gasteiger partial charge in [-0.25, -0.2) is 9.48 Å². The zero-order valence-electron chi connectivity index (χ0n) is 14.3. The number of carbonyl (C=O) groups is 2.